The van der Waals surface area contributed by atoms with Crippen LogP contribution in [0.3, 0.4) is 0 Å². The van der Waals surface area contributed by atoms with Gasteiger partial charge in [-0.2, -0.15) is 4.98 Å². The zero-order chi connectivity index (χ0) is 20.8. The largest absolute Gasteiger partial charge is 0.480 e. The number of carboxylic acid groups (broad SMARTS) is 1. The van der Waals surface area contributed by atoms with E-state index in [2.05, 4.69) is 10.1 Å². The number of aliphatic carboxylic acids is 1. The fourth-order valence-electron chi connectivity index (χ4n) is 4.01. The van der Waals surface area contributed by atoms with Crippen molar-refractivity contribution in [2.45, 2.75) is 51.6 Å². The minimum atomic E-state index is -0.903. The molecule has 0 saturated carbocycles. The average Bonchev–Trinajstić information content (AvgIpc) is 3.29. The number of nitrogens with zero attached hydrogens (tertiary/aromatic N) is 5. The van der Waals surface area contributed by atoms with Crippen LogP contribution in [0.1, 0.15) is 45.4 Å². The van der Waals surface area contributed by atoms with Crippen LogP contribution < -0.4 is 5.69 Å². The Labute approximate surface area is 179 Å². The van der Waals surface area contributed by atoms with Crippen molar-refractivity contribution in [2.24, 2.45) is 0 Å². The first kappa shape index (κ1) is 22.0. The van der Waals surface area contributed by atoms with E-state index in [1.807, 2.05) is 36.1 Å². The highest BCUT2D eigenvalue weighted by atomic mass is 35.5. The van der Waals surface area contributed by atoms with E-state index >= 15 is 0 Å². The summed E-state index contributed by atoms with van der Waals surface area (Å²) in [4.78, 5) is 30.8. The number of benzene rings is 1. The number of piperidine rings is 1. The summed E-state index contributed by atoms with van der Waals surface area (Å²) in [5.74, 6) is -0.0512. The number of likely N-dealkylation sites (tertiary alicyclic amines) is 1. The monoisotopic (exact) mass is 435 g/mol. The first-order valence-corrected chi connectivity index (χ1v) is 9.87. The third-order valence-corrected chi connectivity index (χ3v) is 5.94. The van der Waals surface area contributed by atoms with Gasteiger partial charge in [0, 0.05) is 12.5 Å². The molecule has 4 rings (SSSR count). The summed E-state index contributed by atoms with van der Waals surface area (Å²) in [6.45, 7) is 7.18. The van der Waals surface area contributed by atoms with Gasteiger partial charge in [0.1, 0.15) is 5.54 Å². The third kappa shape index (κ3) is 3.52. The Morgan fingerprint density at radius 3 is 2.47 bits per heavy atom. The lowest BCUT2D eigenvalue weighted by molar-refractivity contribution is -0.150. The normalized spacial score (nSPS) is 16.0. The van der Waals surface area contributed by atoms with E-state index in [-0.39, 0.29) is 30.0 Å². The molecule has 3 heterocycles. The molecule has 1 saturated heterocycles. The molecule has 1 fully saturated rings. The van der Waals surface area contributed by atoms with E-state index < -0.39 is 11.5 Å². The van der Waals surface area contributed by atoms with Gasteiger partial charge in [0.2, 0.25) is 5.89 Å². The maximum atomic E-state index is 12.9. The summed E-state index contributed by atoms with van der Waals surface area (Å²) in [6, 6.07) is 7.54. The molecule has 30 heavy (non-hydrogen) atoms. The van der Waals surface area contributed by atoms with Crippen LogP contribution in [-0.2, 0) is 11.3 Å². The maximum absolute atomic E-state index is 12.9. The lowest BCUT2D eigenvalue weighted by Crippen LogP contribution is -2.52. The highest BCUT2D eigenvalue weighted by Gasteiger charge is 2.38. The molecule has 1 aliphatic rings. The predicted octanol–water partition coefficient (Wildman–Crippen LogP) is 2.66. The van der Waals surface area contributed by atoms with Crippen molar-refractivity contribution < 1.29 is 14.4 Å². The summed E-state index contributed by atoms with van der Waals surface area (Å²) >= 11 is 0. The number of imidazole rings is 1. The summed E-state index contributed by atoms with van der Waals surface area (Å²) < 4.78 is 8.67. The predicted molar refractivity (Wildman–Crippen MR) is 114 cm³/mol. The fourth-order valence-corrected chi connectivity index (χ4v) is 4.01. The number of hydrogen-bond acceptors (Lipinski definition) is 6. The van der Waals surface area contributed by atoms with Crippen molar-refractivity contribution in [1.29, 1.82) is 0 Å². The second-order valence-electron chi connectivity index (χ2n) is 7.91. The highest BCUT2D eigenvalue weighted by Crippen LogP contribution is 2.31. The SMILES string of the molecule is CCn1c(=O)n(-c2noc(C3CCN(C(C)(C)C(=O)O)CC3)n2)c2ccccc21.Cl. The number of rotatable bonds is 5. The minimum absolute atomic E-state index is 0. The Kier molecular flexibility index (Phi) is 6.05. The molecule has 1 N–H and O–H groups in total. The second kappa shape index (κ2) is 8.23. The van der Waals surface area contributed by atoms with Crippen molar-refractivity contribution in [3.05, 3.63) is 40.6 Å². The lowest BCUT2D eigenvalue weighted by atomic mass is 9.92. The molecule has 10 heteroatoms. The third-order valence-electron chi connectivity index (χ3n) is 5.94. The number of carboxylic acids is 1. The van der Waals surface area contributed by atoms with Crippen LogP contribution in [0.15, 0.2) is 33.6 Å². The standard InChI is InChI=1S/C20H25N5O4.ClH/c1-4-24-14-7-5-6-8-15(14)25(19(24)28)18-21-16(29-22-18)13-9-11-23(12-10-13)20(2,3)17(26)27;/h5-8,13H,4,9-12H2,1-3H3,(H,26,27);1H. The minimum Gasteiger partial charge on any atom is -0.480 e. The van der Waals surface area contributed by atoms with Gasteiger partial charge in [-0.3, -0.25) is 14.3 Å². The van der Waals surface area contributed by atoms with Crippen molar-refractivity contribution >= 4 is 29.4 Å². The van der Waals surface area contributed by atoms with Crippen LogP contribution >= 0.6 is 12.4 Å². The van der Waals surface area contributed by atoms with E-state index in [9.17, 15) is 14.7 Å². The van der Waals surface area contributed by atoms with Crippen LogP contribution in [0.25, 0.3) is 17.0 Å². The van der Waals surface area contributed by atoms with Crippen molar-refractivity contribution in [1.82, 2.24) is 24.2 Å². The molecular weight excluding hydrogens is 410 g/mol. The van der Waals surface area contributed by atoms with Crippen LogP contribution in [0.5, 0.6) is 0 Å². The summed E-state index contributed by atoms with van der Waals surface area (Å²) in [5, 5.41) is 13.5. The number of halogens is 1. The molecule has 0 spiro atoms. The Bertz CT molecular complexity index is 1110. The summed E-state index contributed by atoms with van der Waals surface area (Å²) in [6.07, 6.45) is 1.45. The Balaban J connectivity index is 0.00000256. The molecule has 0 bridgehead atoms. The van der Waals surface area contributed by atoms with Gasteiger partial charge in [-0.15, -0.1) is 12.4 Å². The molecule has 0 unspecified atom stereocenters. The second-order valence-corrected chi connectivity index (χ2v) is 7.91. The van der Waals surface area contributed by atoms with Crippen molar-refractivity contribution in [2.75, 3.05) is 13.1 Å². The van der Waals surface area contributed by atoms with Gasteiger partial charge in [-0.05, 0) is 64.0 Å². The van der Waals surface area contributed by atoms with Gasteiger partial charge >= 0.3 is 11.7 Å². The molecule has 1 aliphatic heterocycles. The molecule has 9 nitrogen and oxygen atoms in total. The lowest BCUT2D eigenvalue weighted by Gasteiger charge is -2.39. The van der Waals surface area contributed by atoms with E-state index in [0.29, 0.717) is 25.5 Å². The molecule has 0 amide bonds. The van der Waals surface area contributed by atoms with E-state index in [0.717, 1.165) is 23.9 Å². The van der Waals surface area contributed by atoms with E-state index in [1.54, 1.807) is 18.4 Å². The quantitative estimate of drug-likeness (QED) is 0.656. The number of aryl methyl sites for hydroxylation is 1. The Morgan fingerprint density at radius 1 is 1.23 bits per heavy atom. The Hall–Kier alpha value is -2.65. The smallest absolute Gasteiger partial charge is 0.336 e. The maximum Gasteiger partial charge on any atom is 0.336 e. The zero-order valence-corrected chi connectivity index (χ0v) is 18.1. The number of para-hydroxylation sites is 2. The highest BCUT2D eigenvalue weighted by molar-refractivity contribution is 5.85. The molecule has 0 atom stereocenters. The molecule has 3 aromatic rings. The molecule has 0 aliphatic carbocycles. The molecule has 0 radical (unpaired) electrons. The van der Waals surface area contributed by atoms with Gasteiger partial charge in [-0.25, -0.2) is 9.36 Å². The van der Waals surface area contributed by atoms with Crippen LogP contribution in [0.4, 0.5) is 0 Å². The number of aromatic nitrogens is 4. The van der Waals surface area contributed by atoms with Gasteiger partial charge in [0.15, 0.2) is 0 Å². The zero-order valence-electron chi connectivity index (χ0n) is 17.2. The molecule has 162 valence electrons. The van der Waals surface area contributed by atoms with Gasteiger partial charge < -0.3 is 9.63 Å². The number of carbonyl (C=O) groups is 1. The topological polar surface area (TPSA) is 106 Å². The van der Waals surface area contributed by atoms with Crippen LogP contribution in [0, 0.1) is 0 Å². The van der Waals surface area contributed by atoms with Gasteiger partial charge in [-0.1, -0.05) is 12.1 Å². The van der Waals surface area contributed by atoms with E-state index in [4.69, 9.17) is 4.52 Å². The summed E-state index contributed by atoms with van der Waals surface area (Å²) in [5.41, 5.74) is 0.472. The van der Waals surface area contributed by atoms with Gasteiger partial charge in [0.25, 0.3) is 5.95 Å². The Morgan fingerprint density at radius 2 is 1.87 bits per heavy atom. The molecule has 1 aromatic carbocycles. The first-order valence-electron chi connectivity index (χ1n) is 9.87. The van der Waals surface area contributed by atoms with Crippen molar-refractivity contribution in [3.63, 3.8) is 0 Å². The van der Waals surface area contributed by atoms with Crippen LogP contribution in [-0.4, -0.2) is 53.9 Å². The summed E-state index contributed by atoms with van der Waals surface area (Å²) in [7, 11) is 0. The number of fused-ring (bicyclic) bond motifs is 1. The van der Waals surface area contributed by atoms with E-state index in [1.165, 1.54) is 4.57 Å². The molecule has 2 aromatic heterocycles. The first-order chi connectivity index (χ1) is 13.8. The molecular formula is C20H26ClN5O4. The average molecular weight is 436 g/mol. The van der Waals surface area contributed by atoms with Crippen LogP contribution in [0.2, 0.25) is 0 Å². The fraction of sp³-hybridized carbons (Fsp3) is 0.500. The van der Waals surface area contributed by atoms with Gasteiger partial charge in [0.05, 0.1) is 11.0 Å². The van der Waals surface area contributed by atoms with Crippen molar-refractivity contribution in [3.8, 4) is 5.95 Å². The number of hydrogen-bond donors (Lipinski definition) is 1.